The maximum absolute atomic E-state index is 2.81. The summed E-state index contributed by atoms with van der Waals surface area (Å²) in [5.74, 6) is 2.05. The van der Waals surface area contributed by atoms with E-state index in [1.807, 2.05) is 11.8 Å². The molecule has 2 heterocycles. The summed E-state index contributed by atoms with van der Waals surface area (Å²) in [6, 6.07) is 2.34. The van der Waals surface area contributed by atoms with Crippen molar-refractivity contribution < 1.29 is 0 Å². The third-order valence-electron chi connectivity index (χ3n) is 4.76. The van der Waals surface area contributed by atoms with Gasteiger partial charge >= 0.3 is 0 Å². The molecule has 3 heteroatoms. The Bertz CT molecular complexity index is 257. The quantitative estimate of drug-likeness (QED) is 0.775. The number of hydrogen-bond acceptors (Lipinski definition) is 3. The maximum atomic E-state index is 2.81. The lowest BCUT2D eigenvalue weighted by Crippen LogP contribution is -2.63. The van der Waals surface area contributed by atoms with Gasteiger partial charge in [0, 0.05) is 37.0 Å². The number of piperidine rings is 1. The van der Waals surface area contributed by atoms with Crippen molar-refractivity contribution in [3.63, 3.8) is 0 Å². The molecule has 2 aliphatic rings. The number of nitrogens with zero attached hydrogens (tertiary/aromatic N) is 2. The first kappa shape index (κ1) is 14.7. The van der Waals surface area contributed by atoms with E-state index in [1.54, 1.807) is 0 Å². The van der Waals surface area contributed by atoms with Crippen LogP contribution in [0.25, 0.3) is 0 Å². The summed E-state index contributed by atoms with van der Waals surface area (Å²) in [5.41, 5.74) is 0. The normalized spacial score (nSPS) is 32.5. The van der Waals surface area contributed by atoms with E-state index < -0.39 is 0 Å². The molecule has 0 aromatic carbocycles. The third kappa shape index (κ3) is 3.23. The van der Waals surface area contributed by atoms with Crippen molar-refractivity contribution in [3.8, 4) is 0 Å². The number of rotatable bonds is 4. The Morgan fingerprint density at radius 3 is 2.61 bits per heavy atom. The van der Waals surface area contributed by atoms with Gasteiger partial charge in [-0.2, -0.15) is 11.8 Å². The smallest absolute Gasteiger partial charge is 0.0250 e. The molecule has 0 bridgehead atoms. The second-order valence-electron chi connectivity index (χ2n) is 6.46. The highest BCUT2D eigenvalue weighted by molar-refractivity contribution is 7.98. The van der Waals surface area contributed by atoms with E-state index in [1.165, 1.54) is 44.6 Å². The lowest BCUT2D eigenvalue weighted by Gasteiger charge is -2.51. The summed E-state index contributed by atoms with van der Waals surface area (Å²) in [5, 5.41) is 0. The first-order valence-electron chi connectivity index (χ1n) is 7.62. The minimum Gasteiger partial charge on any atom is -0.298 e. The number of fused-ring (bicyclic) bond motifs is 1. The van der Waals surface area contributed by atoms with Gasteiger partial charge in [-0.15, -0.1) is 0 Å². The predicted octanol–water partition coefficient (Wildman–Crippen LogP) is 2.93. The zero-order valence-corrected chi connectivity index (χ0v) is 13.4. The van der Waals surface area contributed by atoms with Gasteiger partial charge in [0.15, 0.2) is 0 Å². The molecule has 2 aliphatic heterocycles. The summed E-state index contributed by atoms with van der Waals surface area (Å²) < 4.78 is 0. The Morgan fingerprint density at radius 1 is 1.17 bits per heavy atom. The summed E-state index contributed by atoms with van der Waals surface area (Å²) in [6.07, 6.45) is 6.52. The zero-order valence-electron chi connectivity index (χ0n) is 12.6. The fourth-order valence-corrected chi connectivity index (χ4v) is 4.34. The highest BCUT2D eigenvalue weighted by Gasteiger charge is 2.37. The average Bonchev–Trinajstić information content (AvgIpc) is 2.37. The third-order valence-corrected chi connectivity index (χ3v) is 5.58. The van der Waals surface area contributed by atoms with E-state index in [9.17, 15) is 0 Å². The van der Waals surface area contributed by atoms with Gasteiger partial charge in [0.25, 0.3) is 0 Å². The summed E-state index contributed by atoms with van der Waals surface area (Å²) in [6.45, 7) is 11.2. The van der Waals surface area contributed by atoms with Crippen LogP contribution in [0.4, 0.5) is 0 Å². The topological polar surface area (TPSA) is 6.48 Å². The maximum Gasteiger partial charge on any atom is 0.0250 e. The standard InChI is InChI=1S/C15H30N2S/c1-12(2)15-10-16-8-6-5-7-14(16)9-17(15)13(3)11-18-4/h12-15H,5-11H2,1-4H3. The van der Waals surface area contributed by atoms with E-state index in [4.69, 9.17) is 0 Å². The second-order valence-corrected chi connectivity index (χ2v) is 7.37. The molecule has 0 aromatic rings. The molecule has 0 N–H and O–H groups in total. The van der Waals surface area contributed by atoms with Crippen molar-refractivity contribution >= 4 is 11.8 Å². The molecule has 0 saturated carbocycles. The summed E-state index contributed by atoms with van der Waals surface area (Å²) >= 11 is 1.99. The SMILES string of the molecule is CSCC(C)N1CC2CCCCN2CC1C(C)C. The lowest BCUT2D eigenvalue weighted by molar-refractivity contribution is -0.0219. The van der Waals surface area contributed by atoms with Crippen LogP contribution >= 0.6 is 11.8 Å². The van der Waals surface area contributed by atoms with Crippen LogP contribution in [0, 0.1) is 5.92 Å². The number of piperazine rings is 1. The Balaban J connectivity index is 2.05. The largest absolute Gasteiger partial charge is 0.298 e. The van der Waals surface area contributed by atoms with Gasteiger partial charge in [-0.3, -0.25) is 9.80 Å². The molecular weight excluding hydrogens is 240 g/mol. The molecule has 0 amide bonds. The van der Waals surface area contributed by atoms with E-state index in [0.717, 1.165) is 24.0 Å². The molecule has 2 fully saturated rings. The molecule has 0 radical (unpaired) electrons. The van der Waals surface area contributed by atoms with Gasteiger partial charge in [-0.1, -0.05) is 20.3 Å². The monoisotopic (exact) mass is 270 g/mol. The van der Waals surface area contributed by atoms with Gasteiger partial charge in [0.05, 0.1) is 0 Å². The molecule has 3 atom stereocenters. The molecule has 0 aliphatic carbocycles. The summed E-state index contributed by atoms with van der Waals surface area (Å²) in [4.78, 5) is 5.59. The van der Waals surface area contributed by atoms with Crippen LogP contribution in [0.2, 0.25) is 0 Å². The first-order valence-corrected chi connectivity index (χ1v) is 9.01. The molecule has 2 saturated heterocycles. The Labute approximate surface area is 117 Å². The average molecular weight is 270 g/mol. The molecule has 2 nitrogen and oxygen atoms in total. The second kappa shape index (κ2) is 6.62. The van der Waals surface area contributed by atoms with Crippen LogP contribution in [-0.2, 0) is 0 Å². The number of thioether (sulfide) groups is 1. The molecule has 18 heavy (non-hydrogen) atoms. The molecule has 0 aromatic heterocycles. The van der Waals surface area contributed by atoms with Gasteiger partial charge in [-0.25, -0.2) is 0 Å². The summed E-state index contributed by atoms with van der Waals surface area (Å²) in [7, 11) is 0. The van der Waals surface area contributed by atoms with E-state index >= 15 is 0 Å². The van der Waals surface area contributed by atoms with Crippen LogP contribution in [0.1, 0.15) is 40.0 Å². The van der Waals surface area contributed by atoms with Crippen LogP contribution in [-0.4, -0.2) is 59.6 Å². The molecule has 2 rings (SSSR count). The highest BCUT2D eigenvalue weighted by Crippen LogP contribution is 2.28. The Kier molecular flexibility index (Phi) is 5.40. The number of hydrogen-bond donors (Lipinski definition) is 0. The minimum absolute atomic E-state index is 0.733. The molecule has 106 valence electrons. The van der Waals surface area contributed by atoms with Gasteiger partial charge in [-0.05, 0) is 38.5 Å². The van der Waals surface area contributed by atoms with E-state index in [-0.39, 0.29) is 0 Å². The van der Waals surface area contributed by atoms with Crippen molar-refractivity contribution in [1.82, 2.24) is 9.80 Å². The van der Waals surface area contributed by atoms with Crippen LogP contribution in [0.3, 0.4) is 0 Å². The zero-order chi connectivity index (χ0) is 13.1. The van der Waals surface area contributed by atoms with Gasteiger partial charge < -0.3 is 0 Å². The van der Waals surface area contributed by atoms with Gasteiger partial charge in [0.1, 0.15) is 0 Å². The predicted molar refractivity (Wildman–Crippen MR) is 82.4 cm³/mol. The molecular formula is C15H30N2S. The highest BCUT2D eigenvalue weighted by atomic mass is 32.2. The van der Waals surface area contributed by atoms with Crippen LogP contribution in [0.15, 0.2) is 0 Å². The fraction of sp³-hybridized carbons (Fsp3) is 1.00. The fourth-order valence-electron chi connectivity index (χ4n) is 3.67. The first-order chi connectivity index (χ1) is 8.63. The lowest BCUT2D eigenvalue weighted by atomic mass is 9.91. The Hall–Kier alpha value is 0.270. The van der Waals surface area contributed by atoms with Crippen molar-refractivity contribution in [3.05, 3.63) is 0 Å². The van der Waals surface area contributed by atoms with Crippen LogP contribution < -0.4 is 0 Å². The van der Waals surface area contributed by atoms with E-state index in [2.05, 4.69) is 36.8 Å². The van der Waals surface area contributed by atoms with Crippen molar-refractivity contribution in [2.24, 2.45) is 5.92 Å². The Morgan fingerprint density at radius 2 is 1.94 bits per heavy atom. The van der Waals surface area contributed by atoms with Gasteiger partial charge in [0.2, 0.25) is 0 Å². The molecule has 3 unspecified atom stereocenters. The minimum atomic E-state index is 0.733. The van der Waals surface area contributed by atoms with E-state index in [0.29, 0.717) is 0 Å². The van der Waals surface area contributed by atoms with Crippen LogP contribution in [0.5, 0.6) is 0 Å². The van der Waals surface area contributed by atoms with Crippen molar-refractivity contribution in [1.29, 1.82) is 0 Å². The van der Waals surface area contributed by atoms with Crippen molar-refractivity contribution in [2.75, 3.05) is 31.6 Å². The molecule has 0 spiro atoms. The van der Waals surface area contributed by atoms with Crippen molar-refractivity contribution in [2.45, 2.75) is 58.2 Å².